The highest BCUT2D eigenvalue weighted by Gasteiger charge is 1.85. The second kappa shape index (κ2) is 4.27. The summed E-state index contributed by atoms with van der Waals surface area (Å²) in [5.41, 5.74) is 5.14. The van der Waals surface area contributed by atoms with E-state index in [1.807, 2.05) is 0 Å². The Morgan fingerprint density at radius 3 is 2.43 bits per heavy atom. The van der Waals surface area contributed by atoms with E-state index in [9.17, 15) is 4.21 Å². The highest BCUT2D eigenvalue weighted by Crippen LogP contribution is 1.77. The lowest BCUT2D eigenvalue weighted by molar-refractivity contribution is 0.684. The molecule has 0 radical (unpaired) electrons. The lowest BCUT2D eigenvalue weighted by Gasteiger charge is -1.88. The predicted octanol–water partition coefficient (Wildman–Crippen LogP) is -0.286. The maximum Gasteiger partial charge on any atom is 0.0244 e. The van der Waals surface area contributed by atoms with Crippen molar-refractivity contribution in [3.8, 4) is 0 Å². The summed E-state index contributed by atoms with van der Waals surface area (Å²) < 4.78 is 10.3. The molecule has 0 aromatic rings. The van der Waals surface area contributed by atoms with Gasteiger partial charge in [-0.1, -0.05) is 0 Å². The van der Waals surface area contributed by atoms with Crippen LogP contribution in [0.1, 0.15) is 6.42 Å². The van der Waals surface area contributed by atoms with Crippen LogP contribution in [-0.4, -0.2) is 22.8 Å². The SMILES string of the molecule is C[S@@](=O)CCCN. The molecule has 0 aliphatic carbocycles. The second-order valence-electron chi connectivity index (χ2n) is 1.42. The Kier molecular flexibility index (Phi) is 4.34. The molecule has 0 aliphatic rings. The van der Waals surface area contributed by atoms with E-state index in [1.165, 1.54) is 0 Å². The van der Waals surface area contributed by atoms with Gasteiger partial charge in [0.2, 0.25) is 0 Å². The quantitative estimate of drug-likeness (QED) is 0.557. The van der Waals surface area contributed by atoms with E-state index in [0.29, 0.717) is 6.54 Å². The van der Waals surface area contributed by atoms with Gasteiger partial charge in [0.25, 0.3) is 0 Å². The molecular weight excluding hydrogens is 110 g/mol. The van der Waals surface area contributed by atoms with Crippen molar-refractivity contribution in [1.82, 2.24) is 0 Å². The monoisotopic (exact) mass is 121 g/mol. The van der Waals surface area contributed by atoms with Gasteiger partial charge < -0.3 is 5.73 Å². The molecule has 0 unspecified atom stereocenters. The lowest BCUT2D eigenvalue weighted by Crippen LogP contribution is -2.04. The maximum absolute atomic E-state index is 10.3. The van der Waals surface area contributed by atoms with E-state index in [1.54, 1.807) is 6.26 Å². The molecule has 2 nitrogen and oxygen atoms in total. The summed E-state index contributed by atoms with van der Waals surface area (Å²) in [6.07, 6.45) is 2.57. The summed E-state index contributed by atoms with van der Waals surface area (Å²) in [6, 6.07) is 0. The Balaban J connectivity index is 2.82. The molecule has 0 saturated carbocycles. The molecule has 0 rings (SSSR count). The normalized spacial score (nSPS) is 14.0. The summed E-state index contributed by atoms with van der Waals surface area (Å²) in [5, 5.41) is 0. The van der Waals surface area contributed by atoms with Crippen molar-refractivity contribution in [3.05, 3.63) is 0 Å². The van der Waals surface area contributed by atoms with Gasteiger partial charge >= 0.3 is 0 Å². The van der Waals surface area contributed by atoms with E-state index in [-0.39, 0.29) is 0 Å². The van der Waals surface area contributed by atoms with Gasteiger partial charge in [-0.2, -0.15) is 0 Å². The van der Waals surface area contributed by atoms with Crippen LogP contribution in [0.25, 0.3) is 0 Å². The molecule has 0 aliphatic heterocycles. The average molecular weight is 121 g/mol. The molecule has 0 fully saturated rings. The first-order valence-electron chi connectivity index (χ1n) is 2.27. The van der Waals surface area contributed by atoms with Gasteiger partial charge in [0.15, 0.2) is 0 Å². The molecule has 0 heterocycles. The molecule has 0 aromatic heterocycles. The summed E-state index contributed by atoms with van der Waals surface area (Å²) in [4.78, 5) is 0. The third-order valence-corrected chi connectivity index (χ3v) is 1.50. The maximum atomic E-state index is 10.3. The van der Waals surface area contributed by atoms with Crippen LogP contribution in [-0.2, 0) is 10.8 Å². The van der Waals surface area contributed by atoms with Crippen molar-refractivity contribution in [3.63, 3.8) is 0 Å². The van der Waals surface area contributed by atoms with Gasteiger partial charge in [0.05, 0.1) is 0 Å². The molecule has 7 heavy (non-hydrogen) atoms. The van der Waals surface area contributed by atoms with Crippen molar-refractivity contribution in [1.29, 1.82) is 0 Å². The van der Waals surface area contributed by atoms with E-state index < -0.39 is 10.8 Å². The zero-order chi connectivity index (χ0) is 5.70. The third kappa shape index (κ3) is 6.11. The fourth-order valence-corrected chi connectivity index (χ4v) is 0.860. The number of rotatable bonds is 3. The smallest absolute Gasteiger partial charge is 0.0244 e. The summed E-state index contributed by atoms with van der Waals surface area (Å²) >= 11 is 0. The molecule has 0 aromatic carbocycles. The van der Waals surface area contributed by atoms with E-state index in [4.69, 9.17) is 5.73 Å². The number of nitrogens with two attached hydrogens (primary N) is 1. The summed E-state index contributed by atoms with van der Waals surface area (Å²) in [5.74, 6) is 0.747. The molecule has 0 amide bonds. The van der Waals surface area contributed by atoms with Crippen molar-refractivity contribution in [2.45, 2.75) is 6.42 Å². The standard InChI is InChI=1S/C4H11NOS/c1-7(6)4-2-3-5/h2-5H2,1H3/t7-/m1/s1. The Morgan fingerprint density at radius 2 is 2.29 bits per heavy atom. The molecule has 0 bridgehead atoms. The Bertz CT molecular complexity index is 64.7. The Labute approximate surface area is 46.5 Å². The van der Waals surface area contributed by atoms with Crippen LogP contribution < -0.4 is 5.73 Å². The number of hydrogen-bond donors (Lipinski definition) is 1. The van der Waals surface area contributed by atoms with Gasteiger partial charge in [-0.25, -0.2) is 0 Å². The Hall–Kier alpha value is 0.110. The summed E-state index contributed by atoms with van der Waals surface area (Å²) in [7, 11) is -0.645. The van der Waals surface area contributed by atoms with Gasteiger partial charge in [-0.05, 0) is 13.0 Å². The van der Waals surface area contributed by atoms with E-state index in [2.05, 4.69) is 0 Å². The second-order valence-corrected chi connectivity index (χ2v) is 2.97. The molecule has 0 saturated heterocycles. The minimum Gasteiger partial charge on any atom is -0.330 e. The first-order valence-corrected chi connectivity index (χ1v) is 4.00. The largest absolute Gasteiger partial charge is 0.330 e. The average Bonchev–Trinajstić information content (AvgIpc) is 1.61. The van der Waals surface area contributed by atoms with Crippen molar-refractivity contribution in [2.24, 2.45) is 5.73 Å². The van der Waals surface area contributed by atoms with Crippen LogP contribution in [0.15, 0.2) is 0 Å². The highest BCUT2D eigenvalue weighted by atomic mass is 32.2. The van der Waals surface area contributed by atoms with Crippen molar-refractivity contribution >= 4 is 10.8 Å². The predicted molar refractivity (Wildman–Crippen MR) is 32.6 cm³/mol. The molecule has 3 heteroatoms. The molecular formula is C4H11NOS. The van der Waals surface area contributed by atoms with Crippen molar-refractivity contribution in [2.75, 3.05) is 18.6 Å². The first-order chi connectivity index (χ1) is 3.27. The molecule has 2 N–H and O–H groups in total. The van der Waals surface area contributed by atoms with Gasteiger partial charge in [-0.3, -0.25) is 4.21 Å². The van der Waals surface area contributed by atoms with Crippen LogP contribution in [0, 0.1) is 0 Å². The first kappa shape index (κ1) is 7.11. The van der Waals surface area contributed by atoms with Crippen LogP contribution in [0.5, 0.6) is 0 Å². The van der Waals surface area contributed by atoms with Crippen LogP contribution in [0.4, 0.5) is 0 Å². The fourth-order valence-electron chi connectivity index (χ4n) is 0.287. The third-order valence-electron chi connectivity index (χ3n) is 0.636. The highest BCUT2D eigenvalue weighted by molar-refractivity contribution is 7.84. The van der Waals surface area contributed by atoms with Crippen LogP contribution >= 0.6 is 0 Å². The Morgan fingerprint density at radius 1 is 1.71 bits per heavy atom. The molecule has 44 valence electrons. The zero-order valence-electron chi connectivity index (χ0n) is 4.52. The van der Waals surface area contributed by atoms with Gasteiger partial charge in [0.1, 0.15) is 0 Å². The van der Waals surface area contributed by atoms with E-state index in [0.717, 1.165) is 12.2 Å². The zero-order valence-corrected chi connectivity index (χ0v) is 5.33. The topological polar surface area (TPSA) is 43.1 Å². The minimum atomic E-state index is -0.645. The van der Waals surface area contributed by atoms with Crippen LogP contribution in [0.2, 0.25) is 0 Å². The molecule has 1 atom stereocenters. The summed E-state index contributed by atoms with van der Waals surface area (Å²) in [6.45, 7) is 0.652. The van der Waals surface area contributed by atoms with Gasteiger partial charge in [-0.15, -0.1) is 0 Å². The van der Waals surface area contributed by atoms with Crippen molar-refractivity contribution < 1.29 is 4.21 Å². The van der Waals surface area contributed by atoms with Gasteiger partial charge in [0, 0.05) is 22.8 Å². The fraction of sp³-hybridized carbons (Fsp3) is 1.00. The lowest BCUT2D eigenvalue weighted by atomic mass is 10.5. The minimum absolute atomic E-state index is 0.645. The van der Waals surface area contributed by atoms with Crippen LogP contribution in [0.3, 0.4) is 0 Å². The molecule has 0 spiro atoms. The number of hydrogen-bond acceptors (Lipinski definition) is 2. The van der Waals surface area contributed by atoms with E-state index >= 15 is 0 Å².